The average molecular weight is 242 g/mol. The molecule has 2 aliphatic rings. The third-order valence-electron chi connectivity index (χ3n) is 2.93. The van der Waals surface area contributed by atoms with Crippen LogP contribution in [-0.2, 0) is 4.79 Å². The van der Waals surface area contributed by atoms with Crippen LogP contribution in [0.4, 0.5) is 0 Å². The minimum atomic E-state index is 0.0992. The smallest absolute Gasteiger partial charge is 0.225 e. The summed E-state index contributed by atoms with van der Waals surface area (Å²) in [6, 6.07) is 4.12. The van der Waals surface area contributed by atoms with Crippen LogP contribution in [0.25, 0.3) is 0 Å². The molecule has 85 valence electrons. The maximum atomic E-state index is 11.7. The van der Waals surface area contributed by atoms with E-state index in [0.29, 0.717) is 6.42 Å². The van der Waals surface area contributed by atoms with E-state index in [4.69, 9.17) is 0 Å². The summed E-state index contributed by atoms with van der Waals surface area (Å²) in [6.07, 6.45) is 10.7. The van der Waals surface area contributed by atoms with Crippen LogP contribution in [0.5, 0.6) is 0 Å². The van der Waals surface area contributed by atoms with Gasteiger partial charge in [0.25, 0.3) is 0 Å². The first kappa shape index (κ1) is 11.0. The van der Waals surface area contributed by atoms with Crippen LogP contribution in [-0.4, -0.2) is 5.91 Å². The first-order chi connectivity index (χ1) is 8.33. The molecule has 0 aromatic carbocycles. The standard InChI is InChI=1S/C14H12NOS/c16-14-9-11(13-6-3-7-17-13)8-12(15-14)10-4-1-2-5-10/h1-8,11H,9H2,(H,15,16). The monoisotopic (exact) mass is 242 g/mol. The Kier molecular flexibility index (Phi) is 3.02. The third kappa shape index (κ3) is 2.29. The second-order valence-corrected chi connectivity index (χ2v) is 5.11. The molecule has 1 saturated carbocycles. The number of thiophene rings is 1. The normalized spacial score (nSPS) is 25.8. The lowest BCUT2D eigenvalue weighted by Crippen LogP contribution is -2.31. The molecule has 1 unspecified atom stereocenters. The molecule has 1 aliphatic heterocycles. The molecule has 0 bridgehead atoms. The average Bonchev–Trinajstić information content (AvgIpc) is 3.02. The van der Waals surface area contributed by atoms with Crippen molar-refractivity contribution >= 4 is 17.2 Å². The summed E-state index contributed by atoms with van der Waals surface area (Å²) in [5.41, 5.74) is 0.935. The van der Waals surface area contributed by atoms with Gasteiger partial charge in [0.05, 0.1) is 0 Å². The Bertz CT molecular complexity index is 429. The molecule has 17 heavy (non-hydrogen) atoms. The quantitative estimate of drug-likeness (QED) is 0.848. The van der Waals surface area contributed by atoms with Crippen molar-refractivity contribution in [2.24, 2.45) is 0 Å². The summed E-state index contributed by atoms with van der Waals surface area (Å²) >= 11 is 1.71. The zero-order valence-electron chi connectivity index (χ0n) is 9.22. The molecule has 1 aliphatic carbocycles. The lowest BCUT2D eigenvalue weighted by Gasteiger charge is -2.24. The molecule has 0 spiro atoms. The molecule has 0 saturated heterocycles. The molecule has 5 radical (unpaired) electrons. The highest BCUT2D eigenvalue weighted by Gasteiger charge is 2.28. The number of carbonyl (C=O) groups is 1. The topological polar surface area (TPSA) is 29.1 Å². The van der Waals surface area contributed by atoms with Crippen molar-refractivity contribution in [1.82, 2.24) is 5.32 Å². The van der Waals surface area contributed by atoms with Crippen LogP contribution in [0.3, 0.4) is 0 Å². The summed E-state index contributed by atoms with van der Waals surface area (Å²) < 4.78 is 0. The molecule has 2 heterocycles. The van der Waals surface area contributed by atoms with Gasteiger partial charge in [-0.15, -0.1) is 11.3 Å². The van der Waals surface area contributed by atoms with E-state index in [0.717, 1.165) is 11.6 Å². The van der Waals surface area contributed by atoms with E-state index in [2.05, 4.69) is 22.8 Å². The van der Waals surface area contributed by atoms with Gasteiger partial charge in [0.15, 0.2) is 0 Å². The van der Waals surface area contributed by atoms with Crippen molar-refractivity contribution in [3.05, 3.63) is 65.8 Å². The zero-order chi connectivity index (χ0) is 11.7. The van der Waals surface area contributed by atoms with Crippen LogP contribution in [0.2, 0.25) is 0 Å². The Labute approximate surface area is 106 Å². The minimum absolute atomic E-state index is 0.0992. The fourth-order valence-electron chi connectivity index (χ4n) is 2.11. The van der Waals surface area contributed by atoms with Gasteiger partial charge < -0.3 is 5.32 Å². The largest absolute Gasteiger partial charge is 0.329 e. The molecular weight excluding hydrogens is 230 g/mol. The van der Waals surface area contributed by atoms with Crippen molar-refractivity contribution in [2.75, 3.05) is 0 Å². The van der Waals surface area contributed by atoms with E-state index in [1.165, 1.54) is 4.88 Å². The molecule has 1 amide bonds. The first-order valence-corrected chi connectivity index (χ1v) is 6.48. The lowest BCUT2D eigenvalue weighted by atomic mass is 9.92. The SMILES string of the molecule is O=C1CC(c2cccs2)C=C([C]2[CH][CH][CH][CH]2)N1. The highest BCUT2D eigenvalue weighted by Crippen LogP contribution is 2.35. The fraction of sp³-hybridized carbons (Fsp3) is 0.143. The van der Waals surface area contributed by atoms with Crippen molar-refractivity contribution < 1.29 is 4.79 Å². The van der Waals surface area contributed by atoms with E-state index >= 15 is 0 Å². The van der Waals surface area contributed by atoms with Crippen molar-refractivity contribution in [3.63, 3.8) is 0 Å². The molecule has 1 N–H and O–H groups in total. The van der Waals surface area contributed by atoms with Gasteiger partial charge in [-0.2, -0.15) is 0 Å². The maximum Gasteiger partial charge on any atom is 0.225 e. The van der Waals surface area contributed by atoms with Crippen molar-refractivity contribution in [1.29, 1.82) is 0 Å². The highest BCUT2D eigenvalue weighted by molar-refractivity contribution is 7.10. The van der Waals surface area contributed by atoms with Crippen molar-refractivity contribution in [2.45, 2.75) is 12.3 Å². The molecule has 1 aromatic rings. The zero-order valence-corrected chi connectivity index (χ0v) is 10.0. The number of allylic oxidation sites excluding steroid dienone is 2. The molecule has 1 atom stereocenters. The van der Waals surface area contributed by atoms with Crippen LogP contribution < -0.4 is 5.32 Å². The number of hydrogen-bond donors (Lipinski definition) is 1. The van der Waals surface area contributed by atoms with Gasteiger partial charge in [-0.25, -0.2) is 0 Å². The van der Waals surface area contributed by atoms with E-state index in [-0.39, 0.29) is 11.8 Å². The van der Waals surface area contributed by atoms with Crippen LogP contribution in [0.15, 0.2) is 29.3 Å². The second kappa shape index (κ2) is 4.65. The summed E-state index contributed by atoms with van der Waals surface area (Å²) in [5, 5.41) is 4.99. The Hall–Kier alpha value is -1.09. The van der Waals surface area contributed by atoms with Crippen LogP contribution in [0, 0.1) is 31.6 Å². The van der Waals surface area contributed by atoms with Gasteiger partial charge in [-0.05, 0) is 37.1 Å². The Morgan fingerprint density at radius 2 is 2.12 bits per heavy atom. The fourth-order valence-corrected chi connectivity index (χ4v) is 2.91. The number of nitrogens with one attached hydrogen (secondary N) is 1. The predicted molar refractivity (Wildman–Crippen MR) is 68.3 cm³/mol. The summed E-state index contributed by atoms with van der Waals surface area (Å²) in [5.74, 6) is 1.40. The third-order valence-corrected chi connectivity index (χ3v) is 3.93. The maximum absolute atomic E-state index is 11.7. The Morgan fingerprint density at radius 3 is 2.82 bits per heavy atom. The number of carbonyl (C=O) groups excluding carboxylic acids is 1. The van der Waals surface area contributed by atoms with Gasteiger partial charge >= 0.3 is 0 Å². The van der Waals surface area contributed by atoms with Crippen molar-refractivity contribution in [3.8, 4) is 0 Å². The van der Waals surface area contributed by atoms with Crippen LogP contribution >= 0.6 is 11.3 Å². The first-order valence-electron chi connectivity index (χ1n) is 5.60. The van der Waals surface area contributed by atoms with Gasteiger partial charge in [-0.1, -0.05) is 12.1 Å². The predicted octanol–water partition coefficient (Wildman–Crippen LogP) is 2.64. The molecule has 1 fully saturated rings. The van der Waals surface area contributed by atoms with E-state index in [9.17, 15) is 4.79 Å². The molecular formula is C14H12NOS. The molecule has 3 rings (SSSR count). The Morgan fingerprint density at radius 1 is 1.29 bits per heavy atom. The Balaban J connectivity index is 1.85. The lowest BCUT2D eigenvalue weighted by molar-refractivity contribution is -0.120. The number of rotatable bonds is 2. The minimum Gasteiger partial charge on any atom is -0.329 e. The van der Waals surface area contributed by atoms with E-state index in [1.807, 2.05) is 31.7 Å². The van der Waals surface area contributed by atoms with E-state index < -0.39 is 0 Å². The molecule has 1 aromatic heterocycles. The summed E-state index contributed by atoms with van der Waals surface area (Å²) in [6.45, 7) is 0. The van der Waals surface area contributed by atoms with Gasteiger partial charge in [0.1, 0.15) is 0 Å². The summed E-state index contributed by atoms with van der Waals surface area (Å²) in [4.78, 5) is 13.0. The van der Waals surface area contributed by atoms with Crippen LogP contribution in [0.1, 0.15) is 17.2 Å². The number of amides is 1. The van der Waals surface area contributed by atoms with Gasteiger partial charge in [-0.3, -0.25) is 4.79 Å². The number of hydrogen-bond acceptors (Lipinski definition) is 2. The van der Waals surface area contributed by atoms with Gasteiger partial charge in [0.2, 0.25) is 5.91 Å². The van der Waals surface area contributed by atoms with Gasteiger partial charge in [0, 0.05) is 28.8 Å². The summed E-state index contributed by atoms with van der Waals surface area (Å²) in [7, 11) is 0. The highest BCUT2D eigenvalue weighted by atomic mass is 32.1. The molecule has 3 heteroatoms. The second-order valence-electron chi connectivity index (χ2n) is 4.13. The molecule has 2 nitrogen and oxygen atoms in total. The van der Waals surface area contributed by atoms with E-state index in [1.54, 1.807) is 11.3 Å².